The minimum atomic E-state index is -0.761. The summed E-state index contributed by atoms with van der Waals surface area (Å²) in [5.74, 6) is 0.834. The lowest BCUT2D eigenvalue weighted by Crippen LogP contribution is -2.39. The highest BCUT2D eigenvalue weighted by Crippen LogP contribution is 2.20. The van der Waals surface area contributed by atoms with Crippen molar-refractivity contribution in [2.75, 3.05) is 5.32 Å². The first-order chi connectivity index (χ1) is 9.95. The molecule has 2 aromatic carbocycles. The van der Waals surface area contributed by atoms with Crippen molar-refractivity contribution in [2.24, 2.45) is 0 Å². The van der Waals surface area contributed by atoms with Crippen LogP contribution in [0.5, 0.6) is 5.75 Å². The molecule has 0 fully saturated rings. The van der Waals surface area contributed by atoms with E-state index in [0.29, 0.717) is 6.61 Å². The van der Waals surface area contributed by atoms with Crippen LogP contribution in [0.2, 0.25) is 0 Å². The van der Waals surface area contributed by atoms with E-state index in [4.69, 9.17) is 4.74 Å². The van der Waals surface area contributed by atoms with Crippen molar-refractivity contribution in [3.63, 3.8) is 0 Å². The number of nitrogens with one attached hydrogen (secondary N) is 1. The van der Waals surface area contributed by atoms with E-state index in [9.17, 15) is 5.11 Å². The predicted molar refractivity (Wildman–Crippen MR) is 86.6 cm³/mol. The molecule has 2 rings (SSSR count). The van der Waals surface area contributed by atoms with Gasteiger partial charge in [0, 0.05) is 5.69 Å². The second-order valence-electron chi connectivity index (χ2n) is 5.82. The fourth-order valence-electron chi connectivity index (χ4n) is 1.81. The van der Waals surface area contributed by atoms with Crippen LogP contribution in [-0.4, -0.2) is 16.7 Å². The van der Waals surface area contributed by atoms with Crippen LogP contribution >= 0.6 is 0 Å². The first kappa shape index (κ1) is 15.4. The van der Waals surface area contributed by atoms with Crippen LogP contribution < -0.4 is 10.1 Å². The van der Waals surface area contributed by atoms with Gasteiger partial charge in [-0.1, -0.05) is 30.3 Å². The topological polar surface area (TPSA) is 41.5 Å². The number of anilines is 1. The molecule has 112 valence electrons. The molecule has 3 heteroatoms. The van der Waals surface area contributed by atoms with Gasteiger partial charge in [-0.3, -0.25) is 0 Å². The normalized spacial score (nSPS) is 12.8. The molecule has 0 spiro atoms. The Hall–Kier alpha value is -2.00. The molecule has 1 atom stereocenters. The summed E-state index contributed by atoms with van der Waals surface area (Å²) in [6, 6.07) is 17.8. The maximum atomic E-state index is 9.93. The SMILES string of the molecule is CC(Nc1ccc(OCc2ccccc2)cc1)C(C)(C)O. The number of hydrogen-bond donors (Lipinski definition) is 2. The third-order valence-corrected chi connectivity index (χ3v) is 3.55. The molecule has 0 amide bonds. The highest BCUT2D eigenvalue weighted by molar-refractivity contribution is 5.47. The van der Waals surface area contributed by atoms with Gasteiger partial charge in [0.15, 0.2) is 0 Å². The van der Waals surface area contributed by atoms with Crippen molar-refractivity contribution in [3.05, 3.63) is 60.2 Å². The fraction of sp³-hybridized carbons (Fsp3) is 0.333. The van der Waals surface area contributed by atoms with E-state index in [1.54, 1.807) is 13.8 Å². The minimum absolute atomic E-state index is 0.0337. The molecule has 21 heavy (non-hydrogen) atoms. The van der Waals surface area contributed by atoms with Crippen molar-refractivity contribution in [2.45, 2.75) is 39.0 Å². The lowest BCUT2D eigenvalue weighted by Gasteiger charge is -2.27. The average molecular weight is 285 g/mol. The van der Waals surface area contributed by atoms with Crippen molar-refractivity contribution in [3.8, 4) is 5.75 Å². The van der Waals surface area contributed by atoms with Crippen molar-refractivity contribution in [1.29, 1.82) is 0 Å². The second kappa shape index (κ2) is 6.64. The van der Waals surface area contributed by atoms with Crippen LogP contribution in [0.1, 0.15) is 26.3 Å². The van der Waals surface area contributed by atoms with Gasteiger partial charge in [0.1, 0.15) is 12.4 Å². The van der Waals surface area contributed by atoms with E-state index in [1.807, 2.05) is 61.5 Å². The van der Waals surface area contributed by atoms with Crippen molar-refractivity contribution in [1.82, 2.24) is 0 Å². The Balaban J connectivity index is 1.90. The van der Waals surface area contributed by atoms with Gasteiger partial charge in [-0.05, 0) is 50.6 Å². The van der Waals surface area contributed by atoms with Crippen LogP contribution in [0, 0.1) is 0 Å². The molecule has 0 aliphatic carbocycles. The fourth-order valence-corrected chi connectivity index (χ4v) is 1.81. The Morgan fingerprint density at radius 3 is 2.24 bits per heavy atom. The molecule has 1 unspecified atom stereocenters. The molecule has 0 bridgehead atoms. The van der Waals surface area contributed by atoms with Crippen LogP contribution in [-0.2, 0) is 6.61 Å². The van der Waals surface area contributed by atoms with Gasteiger partial charge in [0.2, 0.25) is 0 Å². The molecule has 0 radical (unpaired) electrons. The Morgan fingerprint density at radius 1 is 1.05 bits per heavy atom. The quantitative estimate of drug-likeness (QED) is 0.847. The monoisotopic (exact) mass is 285 g/mol. The van der Waals surface area contributed by atoms with Gasteiger partial charge in [0.05, 0.1) is 11.6 Å². The van der Waals surface area contributed by atoms with E-state index < -0.39 is 5.60 Å². The van der Waals surface area contributed by atoms with Crippen LogP contribution in [0.15, 0.2) is 54.6 Å². The standard InChI is InChI=1S/C18H23NO2/c1-14(18(2,3)20)19-16-9-11-17(12-10-16)21-13-15-7-5-4-6-8-15/h4-12,14,19-20H,13H2,1-3H3. The molecule has 0 aromatic heterocycles. The largest absolute Gasteiger partial charge is 0.489 e. The Bertz CT molecular complexity index is 544. The average Bonchev–Trinajstić information content (AvgIpc) is 2.46. The number of rotatable bonds is 6. The highest BCUT2D eigenvalue weighted by Gasteiger charge is 2.21. The van der Waals surface area contributed by atoms with Crippen molar-refractivity contribution < 1.29 is 9.84 Å². The number of ether oxygens (including phenoxy) is 1. The van der Waals surface area contributed by atoms with Gasteiger partial charge < -0.3 is 15.2 Å². The van der Waals surface area contributed by atoms with E-state index in [2.05, 4.69) is 5.32 Å². The zero-order chi connectivity index (χ0) is 15.3. The lowest BCUT2D eigenvalue weighted by atomic mass is 10.0. The smallest absolute Gasteiger partial charge is 0.119 e. The summed E-state index contributed by atoms with van der Waals surface area (Å²) in [5.41, 5.74) is 1.36. The maximum absolute atomic E-state index is 9.93. The molecular weight excluding hydrogens is 262 g/mol. The Morgan fingerprint density at radius 2 is 1.67 bits per heavy atom. The zero-order valence-electron chi connectivity index (χ0n) is 12.8. The summed E-state index contributed by atoms with van der Waals surface area (Å²) >= 11 is 0. The molecule has 3 nitrogen and oxygen atoms in total. The first-order valence-corrected chi connectivity index (χ1v) is 7.21. The summed E-state index contributed by atoms with van der Waals surface area (Å²) in [5, 5.41) is 13.2. The Kier molecular flexibility index (Phi) is 4.86. The number of aliphatic hydroxyl groups is 1. The summed E-state index contributed by atoms with van der Waals surface area (Å²) in [4.78, 5) is 0. The molecular formula is C18H23NO2. The van der Waals surface area contributed by atoms with Crippen molar-refractivity contribution >= 4 is 5.69 Å². The van der Waals surface area contributed by atoms with Gasteiger partial charge in [-0.2, -0.15) is 0 Å². The van der Waals surface area contributed by atoms with E-state index in [-0.39, 0.29) is 6.04 Å². The van der Waals surface area contributed by atoms with Crippen LogP contribution in [0.3, 0.4) is 0 Å². The lowest BCUT2D eigenvalue weighted by molar-refractivity contribution is 0.0649. The van der Waals surface area contributed by atoms with E-state index >= 15 is 0 Å². The molecule has 0 aliphatic rings. The predicted octanol–water partition coefficient (Wildman–Crippen LogP) is 3.84. The van der Waals surface area contributed by atoms with E-state index in [1.165, 1.54) is 0 Å². The summed E-state index contributed by atoms with van der Waals surface area (Å²) < 4.78 is 5.74. The molecule has 0 aliphatic heterocycles. The van der Waals surface area contributed by atoms with E-state index in [0.717, 1.165) is 17.0 Å². The van der Waals surface area contributed by atoms with Gasteiger partial charge in [-0.15, -0.1) is 0 Å². The first-order valence-electron chi connectivity index (χ1n) is 7.21. The zero-order valence-corrected chi connectivity index (χ0v) is 12.8. The molecule has 2 N–H and O–H groups in total. The molecule has 0 heterocycles. The number of hydrogen-bond acceptors (Lipinski definition) is 3. The molecule has 0 saturated carbocycles. The maximum Gasteiger partial charge on any atom is 0.119 e. The second-order valence-corrected chi connectivity index (χ2v) is 5.82. The summed E-state index contributed by atoms with van der Waals surface area (Å²) in [6.07, 6.45) is 0. The van der Waals surface area contributed by atoms with Gasteiger partial charge in [-0.25, -0.2) is 0 Å². The highest BCUT2D eigenvalue weighted by atomic mass is 16.5. The third-order valence-electron chi connectivity index (χ3n) is 3.55. The Labute approximate surface area is 126 Å². The summed E-state index contributed by atoms with van der Waals surface area (Å²) in [6.45, 7) is 6.11. The molecule has 0 saturated heterocycles. The van der Waals surface area contributed by atoms with Crippen LogP contribution in [0.25, 0.3) is 0 Å². The van der Waals surface area contributed by atoms with Crippen LogP contribution in [0.4, 0.5) is 5.69 Å². The number of benzene rings is 2. The van der Waals surface area contributed by atoms with Gasteiger partial charge >= 0.3 is 0 Å². The minimum Gasteiger partial charge on any atom is -0.489 e. The third kappa shape index (κ3) is 4.80. The van der Waals surface area contributed by atoms with Gasteiger partial charge in [0.25, 0.3) is 0 Å². The molecule has 2 aromatic rings. The summed E-state index contributed by atoms with van der Waals surface area (Å²) in [7, 11) is 0.